The van der Waals surface area contributed by atoms with Gasteiger partial charge in [0.1, 0.15) is 12.4 Å². The molecule has 0 saturated carbocycles. The largest absolute Gasteiger partial charge is 0.382 e. The van der Waals surface area contributed by atoms with Gasteiger partial charge in [0.05, 0.1) is 13.6 Å². The summed E-state index contributed by atoms with van der Waals surface area (Å²) in [5.74, 6) is 0.305. The molecule has 0 radical (unpaired) electrons. The van der Waals surface area contributed by atoms with Crippen LogP contribution >= 0.6 is 0 Å². The summed E-state index contributed by atoms with van der Waals surface area (Å²) in [5, 5.41) is 3.68. The van der Waals surface area contributed by atoms with Crippen molar-refractivity contribution in [3.8, 4) is 11.1 Å². The van der Waals surface area contributed by atoms with E-state index in [1.165, 1.54) is 28.6 Å². The molecule has 2 unspecified atom stereocenters. The maximum atomic E-state index is 14.2. The maximum absolute atomic E-state index is 14.2. The van der Waals surface area contributed by atoms with Gasteiger partial charge in [-0.15, -0.1) is 0 Å². The van der Waals surface area contributed by atoms with Gasteiger partial charge in [0.2, 0.25) is 0 Å². The van der Waals surface area contributed by atoms with Crippen LogP contribution in [0.3, 0.4) is 0 Å². The number of benzene rings is 3. The second-order valence-electron chi connectivity index (χ2n) is 13.6. The monoisotopic (exact) mass is 550 g/mol. The van der Waals surface area contributed by atoms with Crippen molar-refractivity contribution in [3.63, 3.8) is 0 Å². The number of allylic oxidation sites excluding steroid dienone is 1. The fourth-order valence-electron chi connectivity index (χ4n) is 6.86. The average Bonchev–Trinajstić information content (AvgIpc) is 3.81. The average molecular weight is 551 g/mol. The van der Waals surface area contributed by atoms with Gasteiger partial charge in [-0.25, -0.2) is 4.39 Å². The minimum absolute atomic E-state index is 0.0100. The topological polar surface area (TPSA) is 15.3 Å². The number of rotatable bonds is 10. The van der Waals surface area contributed by atoms with E-state index in [1.807, 2.05) is 18.2 Å². The highest BCUT2D eigenvalue weighted by Crippen LogP contribution is 2.52. The summed E-state index contributed by atoms with van der Waals surface area (Å²) in [6.07, 6.45) is 3.30. The normalized spacial score (nSPS) is 24.9. The Bertz CT molecular complexity index is 1490. The molecule has 0 amide bonds. The Kier molecular flexibility index (Phi) is 7.10. The van der Waals surface area contributed by atoms with E-state index in [0.29, 0.717) is 11.5 Å². The van der Waals surface area contributed by atoms with Gasteiger partial charge in [-0.2, -0.15) is 0 Å². The van der Waals surface area contributed by atoms with Crippen molar-refractivity contribution >= 4 is 5.70 Å². The number of piperidine rings is 1. The highest BCUT2D eigenvalue weighted by molar-refractivity contribution is 5.71. The Morgan fingerprint density at radius 1 is 1.05 bits per heavy atom. The van der Waals surface area contributed by atoms with Crippen LogP contribution in [-0.4, -0.2) is 54.7 Å². The first-order valence-electron chi connectivity index (χ1n) is 15.2. The molecule has 0 bridgehead atoms. The Morgan fingerprint density at radius 2 is 1.80 bits per heavy atom. The van der Waals surface area contributed by atoms with Crippen LogP contribution in [-0.2, 0) is 6.42 Å². The Labute approximate surface area is 246 Å². The Morgan fingerprint density at radius 3 is 2.54 bits per heavy atom. The van der Waals surface area contributed by atoms with Crippen LogP contribution in [0.1, 0.15) is 54.9 Å². The summed E-state index contributed by atoms with van der Waals surface area (Å²) in [6.45, 7) is 19.7. The summed E-state index contributed by atoms with van der Waals surface area (Å²) < 4.78 is 15.5. The minimum Gasteiger partial charge on any atom is -0.382 e. The summed E-state index contributed by atoms with van der Waals surface area (Å²) in [7, 11) is 2.36. The number of hydrogen-bond acceptors (Lipinski definition) is 2. The number of hydrogen-bond donors (Lipinski definition) is 1. The molecule has 214 valence electrons. The molecule has 3 aromatic rings. The molecular formula is C37H45FN3+. The Hall–Kier alpha value is -3.37. The highest BCUT2D eigenvalue weighted by atomic mass is 19.1. The zero-order valence-electron chi connectivity index (χ0n) is 25.2. The van der Waals surface area contributed by atoms with Gasteiger partial charge in [-0.1, -0.05) is 81.6 Å². The van der Waals surface area contributed by atoms with Crippen LogP contribution < -0.4 is 5.32 Å². The van der Waals surface area contributed by atoms with E-state index < -0.39 is 0 Å². The van der Waals surface area contributed by atoms with Crippen LogP contribution in [0.15, 0.2) is 85.6 Å². The van der Waals surface area contributed by atoms with Crippen LogP contribution in [0.2, 0.25) is 0 Å². The fraction of sp³-hybridized carbons (Fsp3) is 0.405. The lowest BCUT2D eigenvalue weighted by atomic mass is 9.81. The summed E-state index contributed by atoms with van der Waals surface area (Å²) in [5.41, 5.74) is 8.66. The number of likely N-dealkylation sites (N-methyl/N-ethyl adjacent to an activating group) is 1. The van der Waals surface area contributed by atoms with Crippen molar-refractivity contribution in [3.05, 3.63) is 114 Å². The standard InChI is InChI=1S/C37H45FN3/c1-25-15-16-32(20-34(25)38)31-13-8-11-29(19-31)26(2)40-17-9-14-33(23-40)30-12-7-10-28(18-30)21-37(4,5)27(3)39-22-35-36-24-41(35,36)6/h7-8,10-13,15-16,18-20,33,35-36,39H,2-3,9,14,17,21-24H2,1,4-6H3/q+1/t33?,35-,36-,41?/m0/s1. The molecule has 4 atom stereocenters. The van der Waals surface area contributed by atoms with Gasteiger partial charge in [0, 0.05) is 35.8 Å². The quantitative estimate of drug-likeness (QED) is 0.207. The molecule has 0 aromatic heterocycles. The van der Waals surface area contributed by atoms with Gasteiger partial charge in [0.15, 0.2) is 12.1 Å². The molecule has 3 fully saturated rings. The van der Waals surface area contributed by atoms with E-state index in [4.69, 9.17) is 0 Å². The lowest BCUT2D eigenvalue weighted by Gasteiger charge is -2.36. The molecule has 3 aliphatic rings. The van der Waals surface area contributed by atoms with Crippen molar-refractivity contribution in [2.45, 2.75) is 58.0 Å². The zero-order chi connectivity index (χ0) is 28.9. The first kappa shape index (κ1) is 27.8. The molecule has 3 heterocycles. The third-order valence-corrected chi connectivity index (χ3v) is 10.2. The Balaban J connectivity index is 1.10. The second-order valence-corrected chi connectivity index (χ2v) is 13.6. The minimum atomic E-state index is -0.167. The zero-order valence-corrected chi connectivity index (χ0v) is 25.2. The maximum Gasteiger partial charge on any atom is 0.193 e. The lowest BCUT2D eigenvalue weighted by molar-refractivity contribution is -0.695. The molecule has 6 rings (SSSR count). The molecule has 1 N–H and O–H groups in total. The van der Waals surface area contributed by atoms with Crippen LogP contribution in [0.4, 0.5) is 4.39 Å². The smallest absolute Gasteiger partial charge is 0.193 e. The number of aryl methyl sites for hydroxylation is 1. The predicted molar refractivity (Wildman–Crippen MR) is 169 cm³/mol. The molecule has 3 saturated heterocycles. The van der Waals surface area contributed by atoms with E-state index in [-0.39, 0.29) is 11.2 Å². The fourth-order valence-corrected chi connectivity index (χ4v) is 6.86. The molecule has 3 aromatic carbocycles. The SMILES string of the molecule is C=C(c1cccc(-c2ccc(C)c(F)c2)c1)N1CCCC(c2cccc(CC(C)(C)C(=C)NC[C@H]3[C@@H]4C[N+]34C)c2)C1. The van der Waals surface area contributed by atoms with E-state index in [1.54, 1.807) is 13.0 Å². The van der Waals surface area contributed by atoms with Crippen molar-refractivity contribution in [1.29, 1.82) is 0 Å². The summed E-state index contributed by atoms with van der Waals surface area (Å²) in [6, 6.07) is 24.7. The molecule has 3 aliphatic heterocycles. The molecule has 0 spiro atoms. The van der Waals surface area contributed by atoms with Gasteiger partial charge < -0.3 is 10.2 Å². The first-order chi connectivity index (χ1) is 19.5. The predicted octanol–water partition coefficient (Wildman–Crippen LogP) is 7.53. The number of quaternary nitrogens is 1. The summed E-state index contributed by atoms with van der Waals surface area (Å²) >= 11 is 0. The molecule has 41 heavy (non-hydrogen) atoms. The lowest BCUT2D eigenvalue weighted by Crippen LogP contribution is -2.35. The third kappa shape index (κ3) is 5.59. The van der Waals surface area contributed by atoms with Crippen molar-refractivity contribution in [1.82, 2.24) is 10.2 Å². The highest BCUT2D eigenvalue weighted by Gasteiger charge is 2.80. The molecule has 0 aliphatic carbocycles. The number of halogens is 1. The molecule has 3 nitrogen and oxygen atoms in total. The van der Waals surface area contributed by atoms with Crippen LogP contribution in [0.25, 0.3) is 16.8 Å². The number of nitrogens with one attached hydrogen (secondary N) is 1. The number of nitrogens with zero attached hydrogens (tertiary/aromatic N) is 2. The van der Waals surface area contributed by atoms with E-state index in [9.17, 15) is 4.39 Å². The first-order valence-corrected chi connectivity index (χ1v) is 15.2. The third-order valence-electron chi connectivity index (χ3n) is 10.2. The summed E-state index contributed by atoms with van der Waals surface area (Å²) in [4.78, 5) is 2.44. The number of fused-ring (bicyclic) bond motifs is 1. The number of likely N-dealkylation sites (tertiary alicyclic amines) is 1. The van der Waals surface area contributed by atoms with Gasteiger partial charge in [0.25, 0.3) is 0 Å². The van der Waals surface area contributed by atoms with Crippen LogP contribution in [0, 0.1) is 18.2 Å². The van der Waals surface area contributed by atoms with Crippen LogP contribution in [0.5, 0.6) is 0 Å². The van der Waals surface area contributed by atoms with E-state index in [0.717, 1.165) is 72.6 Å². The van der Waals surface area contributed by atoms with Crippen molar-refractivity contribution < 1.29 is 8.87 Å². The van der Waals surface area contributed by atoms with Gasteiger partial charge in [-0.05, 0) is 71.7 Å². The van der Waals surface area contributed by atoms with E-state index in [2.05, 4.69) is 86.7 Å². The van der Waals surface area contributed by atoms with Gasteiger partial charge >= 0.3 is 0 Å². The van der Waals surface area contributed by atoms with Crippen molar-refractivity contribution in [2.75, 3.05) is 33.2 Å². The van der Waals surface area contributed by atoms with Gasteiger partial charge in [-0.3, -0.25) is 4.48 Å². The van der Waals surface area contributed by atoms with Crippen molar-refractivity contribution in [2.24, 2.45) is 5.41 Å². The molecule has 4 heteroatoms. The second kappa shape index (κ2) is 10.5. The van der Waals surface area contributed by atoms with E-state index >= 15 is 0 Å². The molecular weight excluding hydrogens is 505 g/mol.